The van der Waals surface area contributed by atoms with Crippen molar-refractivity contribution in [2.24, 2.45) is 7.05 Å². The van der Waals surface area contributed by atoms with E-state index in [2.05, 4.69) is 89.0 Å². The summed E-state index contributed by atoms with van der Waals surface area (Å²) >= 11 is 0. The monoisotopic (exact) mass is 341 g/mol. The first-order chi connectivity index (χ1) is 12.7. The van der Waals surface area contributed by atoms with E-state index in [0.29, 0.717) is 0 Å². The van der Waals surface area contributed by atoms with Gasteiger partial charge in [0.1, 0.15) is 16.9 Å². The van der Waals surface area contributed by atoms with Gasteiger partial charge in [0.25, 0.3) is 0 Å². The van der Waals surface area contributed by atoms with Crippen LogP contribution in [0, 0.1) is 6.92 Å². The van der Waals surface area contributed by atoms with Crippen LogP contribution in [0.15, 0.2) is 60.7 Å². The van der Waals surface area contributed by atoms with Gasteiger partial charge in [-0.15, -0.1) is 0 Å². The Bertz CT molecular complexity index is 1290. The number of hydrogen-bond donors (Lipinski definition) is 0. The van der Waals surface area contributed by atoms with Gasteiger partial charge in [-0.1, -0.05) is 37.3 Å². The molecule has 4 heteroatoms. The van der Waals surface area contributed by atoms with E-state index in [9.17, 15) is 0 Å². The summed E-state index contributed by atoms with van der Waals surface area (Å²) in [5.41, 5.74) is 8.23. The van der Waals surface area contributed by atoms with E-state index in [1.165, 1.54) is 28.1 Å². The normalized spacial score (nSPS) is 11.8. The first-order valence-corrected chi connectivity index (χ1v) is 9.06. The maximum Gasteiger partial charge on any atom is 0.314 e. The molecular formula is C22H21N4+. The topological polar surface area (TPSA) is 26.1 Å². The summed E-state index contributed by atoms with van der Waals surface area (Å²) < 4.78 is 6.87. The molecule has 0 aliphatic carbocycles. The Kier molecular flexibility index (Phi) is 3.16. The number of benzene rings is 2. The van der Waals surface area contributed by atoms with Gasteiger partial charge in [-0.25, -0.2) is 4.57 Å². The van der Waals surface area contributed by atoms with E-state index in [0.717, 1.165) is 23.2 Å². The Balaban J connectivity index is 2.07. The van der Waals surface area contributed by atoms with Crippen LogP contribution >= 0.6 is 0 Å². The average molecular weight is 341 g/mol. The fraction of sp³-hybridized carbons (Fsp3) is 0.182. The third kappa shape index (κ3) is 1.90. The molecule has 0 aliphatic rings. The van der Waals surface area contributed by atoms with Crippen LogP contribution in [0.4, 0.5) is 0 Å². The van der Waals surface area contributed by atoms with E-state index < -0.39 is 0 Å². The molecule has 5 aromatic rings. The van der Waals surface area contributed by atoms with Crippen molar-refractivity contribution in [2.75, 3.05) is 0 Å². The lowest BCUT2D eigenvalue weighted by Crippen LogP contribution is -2.35. The van der Waals surface area contributed by atoms with Gasteiger partial charge in [-0.2, -0.15) is 9.55 Å². The molecule has 0 amide bonds. The molecule has 0 aliphatic heterocycles. The van der Waals surface area contributed by atoms with Crippen molar-refractivity contribution < 1.29 is 4.57 Å². The van der Waals surface area contributed by atoms with Crippen LogP contribution in [0.3, 0.4) is 0 Å². The number of hydrogen-bond acceptors (Lipinski definition) is 1. The molecule has 0 fully saturated rings. The standard InChI is InChI=1S/C22H21N4/c1-4-16-13-14-20-21(24(16)3)26(18-11-7-5-9-15(18)2)22-23-17-10-6-8-12-19(17)25(20)22/h5-14H,4H2,1-3H3/q+1. The van der Waals surface area contributed by atoms with Crippen molar-refractivity contribution in [3.05, 3.63) is 71.9 Å². The summed E-state index contributed by atoms with van der Waals surface area (Å²) in [7, 11) is 2.15. The second-order valence-electron chi connectivity index (χ2n) is 6.80. The molecule has 128 valence electrons. The van der Waals surface area contributed by atoms with Gasteiger partial charge in [0.05, 0.1) is 18.1 Å². The Morgan fingerprint density at radius 2 is 1.69 bits per heavy atom. The zero-order valence-electron chi connectivity index (χ0n) is 15.3. The van der Waals surface area contributed by atoms with Crippen molar-refractivity contribution in [3.8, 4) is 5.69 Å². The maximum absolute atomic E-state index is 4.98. The molecule has 0 radical (unpaired) electrons. The van der Waals surface area contributed by atoms with E-state index in [1.54, 1.807) is 0 Å². The second kappa shape index (κ2) is 5.43. The summed E-state index contributed by atoms with van der Waals surface area (Å²) in [6, 6.07) is 21.3. The summed E-state index contributed by atoms with van der Waals surface area (Å²) in [4.78, 5) is 4.98. The molecule has 0 bridgehead atoms. The molecular weight excluding hydrogens is 320 g/mol. The highest BCUT2D eigenvalue weighted by Gasteiger charge is 2.27. The molecule has 3 aromatic heterocycles. The van der Waals surface area contributed by atoms with Crippen LogP contribution in [0.25, 0.3) is 33.7 Å². The Morgan fingerprint density at radius 3 is 2.50 bits per heavy atom. The zero-order valence-corrected chi connectivity index (χ0v) is 15.3. The third-order valence-electron chi connectivity index (χ3n) is 5.33. The number of fused-ring (bicyclic) bond motifs is 5. The number of imidazole rings is 2. The summed E-state index contributed by atoms with van der Waals surface area (Å²) in [5.74, 6) is 0.958. The second-order valence-corrected chi connectivity index (χ2v) is 6.80. The summed E-state index contributed by atoms with van der Waals surface area (Å²) in [6.07, 6.45) is 0.994. The van der Waals surface area contributed by atoms with Gasteiger partial charge >= 0.3 is 11.4 Å². The van der Waals surface area contributed by atoms with Crippen molar-refractivity contribution in [3.63, 3.8) is 0 Å². The Morgan fingerprint density at radius 1 is 0.923 bits per heavy atom. The van der Waals surface area contributed by atoms with Crippen LogP contribution in [-0.4, -0.2) is 14.0 Å². The molecule has 2 aromatic carbocycles. The highest BCUT2D eigenvalue weighted by atomic mass is 15.3. The van der Waals surface area contributed by atoms with E-state index in [4.69, 9.17) is 4.98 Å². The Labute approximate surface area is 151 Å². The maximum atomic E-state index is 4.98. The molecule has 0 saturated carbocycles. The number of aromatic nitrogens is 4. The molecule has 0 N–H and O–H groups in total. The number of rotatable bonds is 2. The minimum Gasteiger partial charge on any atom is -0.250 e. The van der Waals surface area contributed by atoms with Crippen molar-refractivity contribution in [1.29, 1.82) is 0 Å². The lowest BCUT2D eigenvalue weighted by Gasteiger charge is -2.06. The van der Waals surface area contributed by atoms with Crippen molar-refractivity contribution in [1.82, 2.24) is 14.0 Å². The highest BCUT2D eigenvalue weighted by molar-refractivity contribution is 5.89. The quantitative estimate of drug-likeness (QED) is 0.443. The van der Waals surface area contributed by atoms with Crippen LogP contribution < -0.4 is 4.57 Å². The lowest BCUT2D eigenvalue weighted by molar-refractivity contribution is -0.655. The minimum absolute atomic E-state index is 0.958. The molecule has 0 unspecified atom stereocenters. The first kappa shape index (κ1) is 15.1. The van der Waals surface area contributed by atoms with Gasteiger partial charge in [0.2, 0.25) is 0 Å². The predicted molar refractivity (Wildman–Crippen MR) is 105 cm³/mol. The zero-order chi connectivity index (χ0) is 17.8. The minimum atomic E-state index is 0.958. The molecule has 4 nitrogen and oxygen atoms in total. The van der Waals surface area contributed by atoms with Gasteiger partial charge < -0.3 is 0 Å². The third-order valence-corrected chi connectivity index (χ3v) is 5.33. The van der Waals surface area contributed by atoms with Crippen LogP contribution in [0.5, 0.6) is 0 Å². The van der Waals surface area contributed by atoms with Gasteiger partial charge in [-0.3, -0.25) is 4.40 Å². The molecule has 3 heterocycles. The van der Waals surface area contributed by atoms with Crippen molar-refractivity contribution >= 4 is 28.0 Å². The van der Waals surface area contributed by atoms with Crippen LogP contribution in [0.2, 0.25) is 0 Å². The predicted octanol–water partition coefficient (Wildman–Crippen LogP) is 4.13. The SMILES string of the molecule is CCc1ccc2c(n(-c3ccccc3C)c3nc4ccccc4n23)[n+]1C. The molecule has 5 rings (SSSR count). The smallest absolute Gasteiger partial charge is 0.250 e. The fourth-order valence-electron chi connectivity index (χ4n) is 4.00. The van der Waals surface area contributed by atoms with Crippen LogP contribution in [-0.2, 0) is 13.5 Å². The number of aryl methyl sites for hydroxylation is 3. The number of pyridine rings is 1. The van der Waals surface area contributed by atoms with Gasteiger partial charge in [0.15, 0.2) is 0 Å². The largest absolute Gasteiger partial charge is 0.314 e. The van der Waals surface area contributed by atoms with Crippen molar-refractivity contribution in [2.45, 2.75) is 20.3 Å². The molecule has 0 saturated heterocycles. The summed E-state index contributed by atoms with van der Waals surface area (Å²) in [5, 5.41) is 0. The van der Waals surface area contributed by atoms with Gasteiger partial charge in [0, 0.05) is 6.42 Å². The molecule has 26 heavy (non-hydrogen) atoms. The van der Waals surface area contributed by atoms with E-state index >= 15 is 0 Å². The van der Waals surface area contributed by atoms with E-state index in [-0.39, 0.29) is 0 Å². The first-order valence-electron chi connectivity index (χ1n) is 9.06. The lowest BCUT2D eigenvalue weighted by atomic mass is 10.2. The summed E-state index contributed by atoms with van der Waals surface area (Å²) in [6.45, 7) is 4.35. The van der Waals surface area contributed by atoms with Crippen LogP contribution in [0.1, 0.15) is 18.2 Å². The average Bonchev–Trinajstić information content (AvgIpc) is 3.18. The number of para-hydroxylation sites is 3. The number of nitrogens with zero attached hydrogens (tertiary/aromatic N) is 4. The Hall–Kier alpha value is -3.14. The molecule has 0 spiro atoms. The molecule has 0 atom stereocenters. The fourth-order valence-corrected chi connectivity index (χ4v) is 4.00. The van der Waals surface area contributed by atoms with E-state index in [1.807, 2.05) is 6.07 Å². The highest BCUT2D eigenvalue weighted by Crippen LogP contribution is 2.28. The van der Waals surface area contributed by atoms with Gasteiger partial charge in [-0.05, 0) is 42.8 Å².